The van der Waals surface area contributed by atoms with Crippen molar-refractivity contribution < 1.29 is 23.3 Å². The molecule has 0 saturated carbocycles. The molecular formula is C22H17ClN4O6. The summed E-state index contributed by atoms with van der Waals surface area (Å²) in [7, 11) is 1.48. The van der Waals surface area contributed by atoms with Crippen LogP contribution in [0.25, 0.3) is 22.4 Å². The molecule has 168 valence electrons. The predicted molar refractivity (Wildman–Crippen MR) is 118 cm³/mol. The summed E-state index contributed by atoms with van der Waals surface area (Å²) in [5.41, 5.74) is -0.0166. The highest BCUT2D eigenvalue weighted by Gasteiger charge is 2.19. The van der Waals surface area contributed by atoms with Gasteiger partial charge in [0.25, 0.3) is 5.91 Å². The number of benzene rings is 2. The lowest BCUT2D eigenvalue weighted by atomic mass is 10.2. The molecule has 0 aliphatic rings. The summed E-state index contributed by atoms with van der Waals surface area (Å²) in [4.78, 5) is 40.7. The first-order chi connectivity index (χ1) is 16.0. The van der Waals surface area contributed by atoms with Crippen molar-refractivity contribution in [3.63, 3.8) is 0 Å². The number of nitrogens with zero attached hydrogens (tertiary/aromatic N) is 2. The van der Waals surface area contributed by atoms with Crippen molar-refractivity contribution >= 4 is 34.4 Å². The van der Waals surface area contributed by atoms with Crippen molar-refractivity contribution in [3.05, 3.63) is 75.4 Å². The molecule has 0 aliphatic heterocycles. The van der Waals surface area contributed by atoms with Gasteiger partial charge in [-0.25, -0.2) is 4.79 Å². The van der Waals surface area contributed by atoms with Crippen LogP contribution in [-0.2, 0) is 0 Å². The fourth-order valence-corrected chi connectivity index (χ4v) is 3.20. The van der Waals surface area contributed by atoms with Crippen molar-refractivity contribution in [2.75, 3.05) is 20.2 Å². The van der Waals surface area contributed by atoms with E-state index in [0.717, 1.165) is 0 Å². The third-order valence-corrected chi connectivity index (χ3v) is 4.84. The molecule has 0 bridgehead atoms. The van der Waals surface area contributed by atoms with Gasteiger partial charge in [-0.1, -0.05) is 35.0 Å². The van der Waals surface area contributed by atoms with Crippen LogP contribution in [0.4, 0.5) is 0 Å². The van der Waals surface area contributed by atoms with E-state index < -0.39 is 17.4 Å². The number of nitrogens with one attached hydrogen (secondary N) is 2. The minimum Gasteiger partial charge on any atom is -0.496 e. The van der Waals surface area contributed by atoms with Crippen LogP contribution in [0.5, 0.6) is 5.75 Å². The molecule has 2 aromatic carbocycles. The van der Waals surface area contributed by atoms with Gasteiger partial charge in [-0.2, -0.15) is 4.98 Å². The molecule has 0 spiro atoms. The number of aromatic nitrogens is 2. The first-order valence-electron chi connectivity index (χ1n) is 9.73. The van der Waals surface area contributed by atoms with Crippen LogP contribution in [0.3, 0.4) is 0 Å². The number of halogens is 1. The standard InChI is InChI=1S/C22H17ClN4O6/c1-31-17-7-6-13(23)11-14(17)18-26-21(33-27-18)20(29)25-9-8-24-19(28)15-10-12-4-2-3-5-16(12)32-22(15)30/h2-7,10-11H,8-9H2,1H3,(H,24,28)(H,25,29). The van der Waals surface area contributed by atoms with Crippen LogP contribution in [0, 0.1) is 0 Å². The second-order valence-corrected chi connectivity index (χ2v) is 7.20. The number of carbonyl (C=O) groups is 2. The van der Waals surface area contributed by atoms with Crippen molar-refractivity contribution in [2.45, 2.75) is 0 Å². The summed E-state index contributed by atoms with van der Waals surface area (Å²) in [5.74, 6) is -0.913. The van der Waals surface area contributed by atoms with E-state index in [1.807, 2.05) is 0 Å². The Morgan fingerprint density at radius 1 is 1.06 bits per heavy atom. The Labute approximate surface area is 191 Å². The maximum Gasteiger partial charge on any atom is 0.349 e. The molecule has 4 aromatic rings. The number of hydrogen-bond donors (Lipinski definition) is 2. The normalized spacial score (nSPS) is 10.7. The Bertz CT molecular complexity index is 1400. The fourth-order valence-electron chi connectivity index (χ4n) is 3.02. The number of amides is 2. The zero-order valence-electron chi connectivity index (χ0n) is 17.3. The SMILES string of the molecule is COc1ccc(Cl)cc1-c1noc(C(=O)NCCNC(=O)c2cc3ccccc3oc2=O)n1. The highest BCUT2D eigenvalue weighted by Crippen LogP contribution is 2.30. The summed E-state index contributed by atoms with van der Waals surface area (Å²) in [6.07, 6.45) is 0. The summed E-state index contributed by atoms with van der Waals surface area (Å²) < 4.78 is 15.4. The van der Waals surface area contributed by atoms with E-state index in [1.165, 1.54) is 13.2 Å². The summed E-state index contributed by atoms with van der Waals surface area (Å²) in [5, 5.41) is 9.95. The third-order valence-electron chi connectivity index (χ3n) is 4.60. The largest absolute Gasteiger partial charge is 0.496 e. The first-order valence-corrected chi connectivity index (χ1v) is 10.1. The summed E-state index contributed by atoms with van der Waals surface area (Å²) in [6.45, 7) is 0.113. The van der Waals surface area contributed by atoms with E-state index in [4.69, 9.17) is 25.3 Å². The van der Waals surface area contributed by atoms with Gasteiger partial charge in [-0.05, 0) is 30.3 Å². The Hall–Kier alpha value is -4.18. The minimum atomic E-state index is -0.745. The Balaban J connectivity index is 1.34. The average molecular weight is 469 g/mol. The Morgan fingerprint density at radius 2 is 1.82 bits per heavy atom. The third kappa shape index (κ3) is 4.85. The Kier molecular flexibility index (Phi) is 6.36. The van der Waals surface area contributed by atoms with Crippen LogP contribution in [-0.4, -0.2) is 42.2 Å². The smallest absolute Gasteiger partial charge is 0.349 e. The molecule has 0 saturated heterocycles. The second-order valence-electron chi connectivity index (χ2n) is 6.76. The highest BCUT2D eigenvalue weighted by molar-refractivity contribution is 6.30. The first kappa shape index (κ1) is 22.0. The quantitative estimate of drug-likeness (QED) is 0.312. The van der Waals surface area contributed by atoms with E-state index in [-0.39, 0.29) is 30.4 Å². The number of hydrogen-bond acceptors (Lipinski definition) is 8. The number of methoxy groups -OCH3 is 1. The molecule has 4 rings (SSSR count). The Morgan fingerprint density at radius 3 is 2.61 bits per heavy atom. The molecule has 2 heterocycles. The van der Waals surface area contributed by atoms with Gasteiger partial charge in [0.2, 0.25) is 5.82 Å². The van der Waals surface area contributed by atoms with E-state index in [2.05, 4.69) is 20.8 Å². The lowest BCUT2D eigenvalue weighted by molar-refractivity contribution is 0.0897. The van der Waals surface area contributed by atoms with Gasteiger partial charge in [0.1, 0.15) is 16.9 Å². The fraction of sp³-hybridized carbons (Fsp3) is 0.136. The molecule has 33 heavy (non-hydrogen) atoms. The molecule has 0 unspecified atom stereocenters. The number of para-hydroxylation sites is 1. The van der Waals surface area contributed by atoms with Gasteiger partial charge in [0, 0.05) is 23.5 Å². The van der Waals surface area contributed by atoms with Gasteiger partial charge in [0.05, 0.1) is 12.7 Å². The van der Waals surface area contributed by atoms with Crippen molar-refractivity contribution in [2.24, 2.45) is 0 Å². The second kappa shape index (κ2) is 9.53. The number of rotatable bonds is 7. The van der Waals surface area contributed by atoms with Crippen LogP contribution >= 0.6 is 11.6 Å². The molecule has 0 atom stereocenters. The van der Waals surface area contributed by atoms with Crippen LogP contribution in [0.1, 0.15) is 21.0 Å². The van der Waals surface area contributed by atoms with E-state index in [1.54, 1.807) is 42.5 Å². The highest BCUT2D eigenvalue weighted by atomic mass is 35.5. The molecular weight excluding hydrogens is 452 g/mol. The monoisotopic (exact) mass is 468 g/mol. The van der Waals surface area contributed by atoms with Crippen molar-refractivity contribution in [3.8, 4) is 17.1 Å². The van der Waals surface area contributed by atoms with Gasteiger partial charge in [-0.15, -0.1) is 0 Å². The molecule has 10 nitrogen and oxygen atoms in total. The van der Waals surface area contributed by atoms with Crippen LogP contribution in [0.2, 0.25) is 5.02 Å². The van der Waals surface area contributed by atoms with E-state index in [0.29, 0.717) is 27.3 Å². The predicted octanol–water partition coefficient (Wildman–Crippen LogP) is 2.66. The van der Waals surface area contributed by atoms with Gasteiger partial charge >= 0.3 is 17.4 Å². The molecule has 2 aromatic heterocycles. The topological polar surface area (TPSA) is 137 Å². The molecule has 0 fully saturated rings. The van der Waals surface area contributed by atoms with E-state index >= 15 is 0 Å². The minimum absolute atomic E-state index is 0.0555. The zero-order chi connectivity index (χ0) is 23.4. The summed E-state index contributed by atoms with van der Waals surface area (Å²) in [6, 6.07) is 13.2. The molecule has 0 aliphatic carbocycles. The molecule has 2 amide bonds. The molecule has 11 heteroatoms. The van der Waals surface area contributed by atoms with Gasteiger partial charge in [0.15, 0.2) is 0 Å². The maximum absolute atomic E-state index is 12.3. The zero-order valence-corrected chi connectivity index (χ0v) is 18.0. The van der Waals surface area contributed by atoms with Gasteiger partial charge in [-0.3, -0.25) is 9.59 Å². The number of carbonyl (C=O) groups excluding carboxylic acids is 2. The van der Waals surface area contributed by atoms with Gasteiger partial charge < -0.3 is 24.3 Å². The summed E-state index contributed by atoms with van der Waals surface area (Å²) >= 11 is 6.00. The maximum atomic E-state index is 12.3. The van der Waals surface area contributed by atoms with Crippen LogP contribution < -0.4 is 21.0 Å². The average Bonchev–Trinajstić information content (AvgIpc) is 3.31. The van der Waals surface area contributed by atoms with E-state index in [9.17, 15) is 14.4 Å². The lowest BCUT2D eigenvalue weighted by Gasteiger charge is -2.06. The van der Waals surface area contributed by atoms with Crippen LogP contribution in [0.15, 0.2) is 62.3 Å². The molecule has 2 N–H and O–H groups in total. The number of ether oxygens (including phenoxy) is 1. The number of fused-ring (bicyclic) bond motifs is 1. The lowest BCUT2D eigenvalue weighted by Crippen LogP contribution is -2.36. The molecule has 0 radical (unpaired) electrons. The van der Waals surface area contributed by atoms with Crippen molar-refractivity contribution in [1.82, 2.24) is 20.8 Å². The van der Waals surface area contributed by atoms with Crippen molar-refractivity contribution in [1.29, 1.82) is 0 Å².